The largest absolute Gasteiger partial charge is 0.354 e. The number of hydrogen-bond donors (Lipinski definition) is 1. The number of aryl methyl sites for hydroxylation is 1. The highest BCUT2D eigenvalue weighted by Crippen LogP contribution is 2.31. The van der Waals surface area contributed by atoms with Crippen LogP contribution in [0.1, 0.15) is 36.5 Å². The number of unbranched alkanes of at least 4 members (excludes halogenated alkanes) is 1. The summed E-state index contributed by atoms with van der Waals surface area (Å²) in [5, 5.41) is 3.78. The maximum atomic E-state index is 14.5. The molecule has 4 aromatic carbocycles. The van der Waals surface area contributed by atoms with Crippen molar-refractivity contribution in [2.24, 2.45) is 0 Å². The molecule has 0 radical (unpaired) electrons. The minimum Gasteiger partial charge on any atom is -0.354 e. The van der Waals surface area contributed by atoms with Crippen molar-refractivity contribution >= 4 is 62.3 Å². The van der Waals surface area contributed by atoms with E-state index in [4.69, 9.17) is 34.8 Å². The minimum absolute atomic E-state index is 0.0159. The van der Waals surface area contributed by atoms with Crippen LogP contribution in [0.5, 0.6) is 0 Å². The number of rotatable bonds is 14. The standard InChI is InChI=1S/C35H36Cl3N3O4S/c1-3-4-18-39-35(43)33(19-26-10-6-5-7-11-26)40(23-27-12-8-9-13-32(27)38)34(42)24-41(30-21-28(36)20-29(37)22-30)46(44,45)31-16-14-25(2)15-17-31/h5-17,20-22,33H,3-4,18-19,23-24H2,1-2H3,(H,39,43). The Morgan fingerprint density at radius 2 is 1.48 bits per heavy atom. The summed E-state index contributed by atoms with van der Waals surface area (Å²) in [5.74, 6) is -0.963. The van der Waals surface area contributed by atoms with E-state index < -0.39 is 28.5 Å². The van der Waals surface area contributed by atoms with Crippen LogP contribution in [0.4, 0.5) is 5.69 Å². The molecule has 0 aliphatic rings. The van der Waals surface area contributed by atoms with Gasteiger partial charge in [-0.15, -0.1) is 0 Å². The molecule has 0 aliphatic carbocycles. The Morgan fingerprint density at radius 3 is 2.11 bits per heavy atom. The molecule has 4 aromatic rings. The zero-order valence-electron chi connectivity index (χ0n) is 25.6. The molecule has 0 saturated carbocycles. The number of carbonyl (C=O) groups excluding carboxylic acids is 2. The van der Waals surface area contributed by atoms with E-state index in [1.807, 2.05) is 44.2 Å². The van der Waals surface area contributed by atoms with Crippen LogP contribution in [-0.4, -0.2) is 44.3 Å². The van der Waals surface area contributed by atoms with Crippen LogP contribution in [0.2, 0.25) is 15.1 Å². The molecule has 0 fully saturated rings. The van der Waals surface area contributed by atoms with E-state index in [1.165, 1.54) is 35.2 Å². The van der Waals surface area contributed by atoms with Crippen molar-refractivity contribution in [1.82, 2.24) is 10.2 Å². The van der Waals surface area contributed by atoms with Gasteiger partial charge in [0.1, 0.15) is 12.6 Å². The van der Waals surface area contributed by atoms with Gasteiger partial charge in [0, 0.05) is 34.6 Å². The van der Waals surface area contributed by atoms with Crippen LogP contribution in [0.25, 0.3) is 0 Å². The average Bonchev–Trinajstić information content (AvgIpc) is 3.02. The lowest BCUT2D eigenvalue weighted by Crippen LogP contribution is -2.53. The predicted octanol–water partition coefficient (Wildman–Crippen LogP) is 7.71. The molecular weight excluding hydrogens is 665 g/mol. The van der Waals surface area contributed by atoms with Gasteiger partial charge in [0.25, 0.3) is 10.0 Å². The highest BCUT2D eigenvalue weighted by Gasteiger charge is 2.35. The van der Waals surface area contributed by atoms with Gasteiger partial charge >= 0.3 is 0 Å². The highest BCUT2D eigenvalue weighted by molar-refractivity contribution is 7.92. The number of benzene rings is 4. The fraction of sp³-hybridized carbons (Fsp3) is 0.257. The third kappa shape index (κ3) is 9.26. The molecule has 4 rings (SSSR count). The molecular formula is C35H36Cl3N3O4S. The van der Waals surface area contributed by atoms with E-state index >= 15 is 0 Å². The molecule has 0 spiro atoms. The van der Waals surface area contributed by atoms with Gasteiger partial charge in [-0.2, -0.15) is 0 Å². The first kappa shape index (κ1) is 35.3. The quantitative estimate of drug-likeness (QED) is 0.137. The van der Waals surface area contributed by atoms with Gasteiger partial charge in [0.2, 0.25) is 11.8 Å². The zero-order chi connectivity index (χ0) is 33.3. The monoisotopic (exact) mass is 699 g/mol. The number of nitrogens with zero attached hydrogens (tertiary/aromatic N) is 2. The molecule has 0 heterocycles. The minimum atomic E-state index is -4.29. The summed E-state index contributed by atoms with van der Waals surface area (Å²) in [6.07, 6.45) is 1.84. The summed E-state index contributed by atoms with van der Waals surface area (Å²) in [7, 11) is -4.29. The van der Waals surface area contributed by atoms with Crippen LogP contribution < -0.4 is 9.62 Å². The van der Waals surface area contributed by atoms with Crippen molar-refractivity contribution in [1.29, 1.82) is 0 Å². The van der Waals surface area contributed by atoms with E-state index in [9.17, 15) is 18.0 Å². The van der Waals surface area contributed by atoms with Crippen molar-refractivity contribution in [2.45, 2.75) is 50.6 Å². The number of anilines is 1. The first-order valence-corrected chi connectivity index (χ1v) is 17.5. The van der Waals surface area contributed by atoms with E-state index in [1.54, 1.807) is 36.4 Å². The van der Waals surface area contributed by atoms with E-state index in [0.29, 0.717) is 17.1 Å². The molecule has 0 aliphatic heterocycles. The smallest absolute Gasteiger partial charge is 0.264 e. The Hall–Kier alpha value is -3.56. The Labute approximate surface area is 286 Å². The van der Waals surface area contributed by atoms with Gasteiger partial charge in [-0.1, -0.05) is 114 Å². The van der Waals surface area contributed by atoms with Gasteiger partial charge in [0.05, 0.1) is 10.6 Å². The third-order valence-corrected chi connectivity index (χ3v) is 10.0. The van der Waals surface area contributed by atoms with Gasteiger partial charge in [-0.25, -0.2) is 8.42 Å². The Bertz CT molecular complexity index is 1730. The molecule has 2 amide bonds. The lowest BCUT2D eigenvalue weighted by atomic mass is 10.0. The number of amides is 2. The van der Waals surface area contributed by atoms with Crippen molar-refractivity contribution < 1.29 is 18.0 Å². The second kappa shape index (κ2) is 16.3. The molecule has 0 saturated heterocycles. The molecule has 1 atom stereocenters. The third-order valence-electron chi connectivity index (χ3n) is 7.42. The lowest BCUT2D eigenvalue weighted by Gasteiger charge is -2.34. The molecule has 1 unspecified atom stereocenters. The zero-order valence-corrected chi connectivity index (χ0v) is 28.7. The first-order chi connectivity index (χ1) is 22.0. The van der Waals surface area contributed by atoms with Crippen LogP contribution in [0.15, 0.2) is 102 Å². The second-order valence-corrected chi connectivity index (χ2v) is 14.1. The fourth-order valence-corrected chi connectivity index (χ4v) is 7.03. The van der Waals surface area contributed by atoms with Crippen LogP contribution >= 0.6 is 34.8 Å². The summed E-state index contributed by atoms with van der Waals surface area (Å²) in [5.41, 5.74) is 2.42. The maximum absolute atomic E-state index is 14.5. The Balaban J connectivity index is 1.82. The van der Waals surface area contributed by atoms with Crippen molar-refractivity contribution in [3.63, 3.8) is 0 Å². The summed E-state index contributed by atoms with van der Waals surface area (Å²) < 4.78 is 29.3. The number of sulfonamides is 1. The average molecular weight is 701 g/mol. The normalized spacial score (nSPS) is 11.9. The van der Waals surface area contributed by atoms with Crippen LogP contribution in [-0.2, 0) is 32.6 Å². The van der Waals surface area contributed by atoms with Crippen LogP contribution in [0, 0.1) is 6.92 Å². The van der Waals surface area contributed by atoms with Crippen molar-refractivity contribution in [3.05, 3.63) is 129 Å². The van der Waals surface area contributed by atoms with Gasteiger partial charge in [0.15, 0.2) is 0 Å². The molecule has 7 nitrogen and oxygen atoms in total. The Morgan fingerprint density at radius 1 is 0.848 bits per heavy atom. The topological polar surface area (TPSA) is 86.8 Å². The van der Waals surface area contributed by atoms with Gasteiger partial charge in [-0.05, 0) is 60.9 Å². The predicted molar refractivity (Wildman–Crippen MR) is 186 cm³/mol. The summed E-state index contributed by atoms with van der Waals surface area (Å²) in [6.45, 7) is 3.63. The molecule has 46 heavy (non-hydrogen) atoms. The SMILES string of the molecule is CCCCNC(=O)C(Cc1ccccc1)N(Cc1ccccc1Cl)C(=O)CN(c1cc(Cl)cc(Cl)c1)S(=O)(=O)c1ccc(C)cc1. The first-order valence-electron chi connectivity index (χ1n) is 14.9. The summed E-state index contributed by atoms with van der Waals surface area (Å²) in [4.78, 5) is 29.8. The molecule has 0 bridgehead atoms. The van der Waals surface area contributed by atoms with Gasteiger partial charge < -0.3 is 10.2 Å². The molecule has 1 N–H and O–H groups in total. The van der Waals surface area contributed by atoms with Gasteiger partial charge in [-0.3, -0.25) is 13.9 Å². The molecule has 11 heteroatoms. The lowest BCUT2D eigenvalue weighted by molar-refractivity contribution is -0.140. The molecule has 0 aromatic heterocycles. The number of nitrogens with one attached hydrogen (secondary N) is 1. The van der Waals surface area contributed by atoms with Crippen molar-refractivity contribution in [2.75, 3.05) is 17.4 Å². The molecule has 242 valence electrons. The van der Waals surface area contributed by atoms with Crippen molar-refractivity contribution in [3.8, 4) is 0 Å². The van der Waals surface area contributed by atoms with E-state index in [2.05, 4.69) is 5.32 Å². The van der Waals surface area contributed by atoms with Crippen LogP contribution in [0.3, 0.4) is 0 Å². The highest BCUT2D eigenvalue weighted by atomic mass is 35.5. The summed E-state index contributed by atoms with van der Waals surface area (Å²) in [6, 6.07) is 26.1. The maximum Gasteiger partial charge on any atom is 0.264 e. The van der Waals surface area contributed by atoms with E-state index in [-0.39, 0.29) is 39.5 Å². The Kier molecular flexibility index (Phi) is 12.5. The second-order valence-electron chi connectivity index (χ2n) is 10.9. The summed E-state index contributed by atoms with van der Waals surface area (Å²) >= 11 is 19.2. The van der Waals surface area contributed by atoms with E-state index in [0.717, 1.165) is 28.3 Å². The number of hydrogen-bond acceptors (Lipinski definition) is 4. The number of carbonyl (C=O) groups is 2. The fourth-order valence-electron chi connectivity index (χ4n) is 4.92. The number of halogens is 3.